The van der Waals surface area contributed by atoms with Gasteiger partial charge in [0.25, 0.3) is 0 Å². The molecule has 23 heavy (non-hydrogen) atoms. The molecule has 0 saturated carbocycles. The van der Waals surface area contributed by atoms with Crippen LogP contribution in [0.25, 0.3) is 16.6 Å². The first-order valence-electron chi connectivity index (χ1n) is 7.87. The van der Waals surface area contributed by atoms with E-state index < -0.39 is 0 Å². The van der Waals surface area contributed by atoms with Crippen molar-refractivity contribution in [2.75, 3.05) is 4.90 Å². The van der Waals surface area contributed by atoms with Crippen molar-refractivity contribution in [2.24, 2.45) is 0 Å². The van der Waals surface area contributed by atoms with Crippen molar-refractivity contribution in [1.29, 1.82) is 0 Å². The maximum atomic E-state index is 11.9. The van der Waals surface area contributed by atoms with Gasteiger partial charge in [-0.15, -0.1) is 0 Å². The van der Waals surface area contributed by atoms with Crippen LogP contribution in [0, 0.1) is 0 Å². The van der Waals surface area contributed by atoms with Gasteiger partial charge < -0.3 is 9.88 Å². The van der Waals surface area contributed by atoms with E-state index in [0.717, 1.165) is 29.9 Å². The molecule has 0 spiro atoms. The second kappa shape index (κ2) is 5.13. The summed E-state index contributed by atoms with van der Waals surface area (Å²) in [6.45, 7) is 7.26. The molecule has 0 amide bonds. The minimum absolute atomic E-state index is 0.0430. The van der Waals surface area contributed by atoms with Gasteiger partial charge in [0.1, 0.15) is 0 Å². The van der Waals surface area contributed by atoms with Crippen LogP contribution in [0.2, 0.25) is 0 Å². The van der Waals surface area contributed by atoms with Crippen molar-refractivity contribution in [1.82, 2.24) is 4.98 Å². The fourth-order valence-electron chi connectivity index (χ4n) is 3.24. The van der Waals surface area contributed by atoms with Crippen molar-refractivity contribution in [3.05, 3.63) is 82.2 Å². The van der Waals surface area contributed by atoms with E-state index in [0.29, 0.717) is 5.39 Å². The minimum Gasteiger partial charge on any atom is -0.361 e. The molecule has 3 nitrogen and oxygen atoms in total. The summed E-state index contributed by atoms with van der Waals surface area (Å²) in [6, 6.07) is 14.1. The summed E-state index contributed by atoms with van der Waals surface area (Å²) in [6.07, 6.45) is 2.72. The van der Waals surface area contributed by atoms with E-state index in [1.54, 1.807) is 12.3 Å². The van der Waals surface area contributed by atoms with Crippen LogP contribution in [0.5, 0.6) is 0 Å². The van der Waals surface area contributed by atoms with Gasteiger partial charge in [-0.2, -0.15) is 0 Å². The zero-order valence-electron chi connectivity index (χ0n) is 13.1. The predicted molar refractivity (Wildman–Crippen MR) is 95.6 cm³/mol. The van der Waals surface area contributed by atoms with Crippen LogP contribution in [-0.4, -0.2) is 4.98 Å². The van der Waals surface area contributed by atoms with Crippen LogP contribution in [0.3, 0.4) is 0 Å². The largest absolute Gasteiger partial charge is 0.361 e. The van der Waals surface area contributed by atoms with Gasteiger partial charge in [-0.05, 0) is 41.8 Å². The van der Waals surface area contributed by atoms with Crippen molar-refractivity contribution in [3.63, 3.8) is 0 Å². The van der Waals surface area contributed by atoms with E-state index >= 15 is 0 Å². The summed E-state index contributed by atoms with van der Waals surface area (Å²) in [5.74, 6) is 0. The molecule has 1 aliphatic rings. The van der Waals surface area contributed by atoms with E-state index in [1.807, 2.05) is 18.2 Å². The Bertz CT molecular complexity index is 984. The zero-order valence-corrected chi connectivity index (χ0v) is 13.1. The SMILES string of the molecule is C=C1c2cc(CC)ccc2CN1c1ccc2c(=O)cc[nH]c2c1. The molecule has 3 aromatic rings. The third-order valence-corrected chi connectivity index (χ3v) is 4.60. The molecule has 1 aromatic heterocycles. The molecule has 0 aliphatic carbocycles. The Labute approximate surface area is 134 Å². The smallest absolute Gasteiger partial charge is 0.189 e. The maximum Gasteiger partial charge on any atom is 0.189 e. The molecule has 1 aliphatic heterocycles. The third kappa shape index (κ3) is 2.16. The van der Waals surface area contributed by atoms with Gasteiger partial charge in [0.2, 0.25) is 0 Å². The van der Waals surface area contributed by atoms with Gasteiger partial charge in [0, 0.05) is 41.1 Å². The lowest BCUT2D eigenvalue weighted by atomic mass is 10.0. The van der Waals surface area contributed by atoms with E-state index in [1.165, 1.54) is 16.7 Å². The standard InChI is InChI=1S/C20H18N2O/c1-3-14-4-5-15-12-22(13(2)18(15)10-14)16-6-7-17-19(11-16)21-9-8-20(17)23/h4-11H,2-3,12H2,1H3,(H,21,23). The molecule has 2 aromatic carbocycles. The molecule has 0 radical (unpaired) electrons. The van der Waals surface area contributed by atoms with Crippen LogP contribution in [0.1, 0.15) is 23.6 Å². The van der Waals surface area contributed by atoms with Gasteiger partial charge in [0.05, 0.1) is 5.52 Å². The number of rotatable bonds is 2. The lowest BCUT2D eigenvalue weighted by Crippen LogP contribution is -2.13. The summed E-state index contributed by atoms with van der Waals surface area (Å²) in [5, 5.41) is 0.715. The van der Waals surface area contributed by atoms with Gasteiger partial charge in [-0.3, -0.25) is 4.79 Å². The molecule has 0 unspecified atom stereocenters. The normalized spacial score (nSPS) is 13.6. The maximum absolute atomic E-state index is 11.9. The summed E-state index contributed by atoms with van der Waals surface area (Å²) in [7, 11) is 0. The first-order valence-corrected chi connectivity index (χ1v) is 7.87. The van der Waals surface area contributed by atoms with Crippen LogP contribution in [0.15, 0.2) is 60.0 Å². The van der Waals surface area contributed by atoms with Gasteiger partial charge in [-0.1, -0.05) is 25.6 Å². The molecule has 1 N–H and O–H groups in total. The van der Waals surface area contributed by atoms with E-state index in [4.69, 9.17) is 0 Å². The molecule has 0 bridgehead atoms. The third-order valence-electron chi connectivity index (χ3n) is 4.60. The molecular formula is C20H18N2O. The molecule has 0 atom stereocenters. The summed E-state index contributed by atoms with van der Waals surface area (Å²) in [5.41, 5.74) is 6.83. The molecule has 114 valence electrons. The molecule has 0 fully saturated rings. The highest BCUT2D eigenvalue weighted by atomic mass is 16.1. The Balaban J connectivity index is 1.77. The summed E-state index contributed by atoms with van der Waals surface area (Å²) < 4.78 is 0. The van der Waals surface area contributed by atoms with Gasteiger partial charge in [0.15, 0.2) is 5.43 Å². The Hall–Kier alpha value is -2.81. The monoisotopic (exact) mass is 302 g/mol. The summed E-state index contributed by atoms with van der Waals surface area (Å²) >= 11 is 0. The number of aromatic nitrogens is 1. The highest BCUT2D eigenvalue weighted by Crippen LogP contribution is 2.36. The lowest BCUT2D eigenvalue weighted by Gasteiger charge is -2.20. The van der Waals surface area contributed by atoms with Crippen LogP contribution < -0.4 is 10.3 Å². The quantitative estimate of drug-likeness (QED) is 0.774. The molecular weight excluding hydrogens is 284 g/mol. The van der Waals surface area contributed by atoms with Gasteiger partial charge >= 0.3 is 0 Å². The van der Waals surface area contributed by atoms with E-state index in [-0.39, 0.29) is 5.43 Å². The second-order valence-electron chi connectivity index (χ2n) is 5.95. The van der Waals surface area contributed by atoms with Crippen molar-refractivity contribution < 1.29 is 0 Å². The highest BCUT2D eigenvalue weighted by molar-refractivity contribution is 5.88. The number of aromatic amines is 1. The van der Waals surface area contributed by atoms with Crippen LogP contribution in [0.4, 0.5) is 5.69 Å². The average Bonchev–Trinajstić information content (AvgIpc) is 2.91. The van der Waals surface area contributed by atoms with E-state index in [2.05, 4.69) is 41.6 Å². The fraction of sp³-hybridized carbons (Fsp3) is 0.150. The molecule has 4 rings (SSSR count). The molecule has 0 saturated heterocycles. The minimum atomic E-state index is 0.0430. The van der Waals surface area contributed by atoms with Crippen molar-refractivity contribution in [2.45, 2.75) is 19.9 Å². The number of nitrogens with zero attached hydrogens (tertiary/aromatic N) is 1. The number of aryl methyl sites for hydroxylation is 1. The number of hydrogen-bond donors (Lipinski definition) is 1. The number of fused-ring (bicyclic) bond motifs is 2. The average molecular weight is 302 g/mol. The fourth-order valence-corrected chi connectivity index (χ4v) is 3.24. The number of hydrogen-bond acceptors (Lipinski definition) is 2. The highest BCUT2D eigenvalue weighted by Gasteiger charge is 2.23. The predicted octanol–water partition coefficient (Wildman–Crippen LogP) is 4.08. The number of H-pyrrole nitrogens is 1. The van der Waals surface area contributed by atoms with Crippen molar-refractivity contribution >= 4 is 22.3 Å². The molecule has 2 heterocycles. The van der Waals surface area contributed by atoms with Crippen LogP contribution >= 0.6 is 0 Å². The zero-order chi connectivity index (χ0) is 16.0. The number of nitrogens with one attached hydrogen (secondary N) is 1. The van der Waals surface area contributed by atoms with Gasteiger partial charge in [-0.25, -0.2) is 0 Å². The number of benzene rings is 2. The summed E-state index contributed by atoms with van der Waals surface area (Å²) in [4.78, 5) is 17.2. The number of pyridine rings is 1. The Morgan fingerprint density at radius 1 is 1.17 bits per heavy atom. The first-order chi connectivity index (χ1) is 11.2. The number of anilines is 1. The first kappa shape index (κ1) is 13.8. The Morgan fingerprint density at radius 3 is 2.87 bits per heavy atom. The Kier molecular flexibility index (Phi) is 3.08. The molecule has 3 heteroatoms. The van der Waals surface area contributed by atoms with Crippen LogP contribution in [-0.2, 0) is 13.0 Å². The second-order valence-corrected chi connectivity index (χ2v) is 5.95. The van der Waals surface area contributed by atoms with E-state index in [9.17, 15) is 4.79 Å². The topological polar surface area (TPSA) is 36.1 Å². The lowest BCUT2D eigenvalue weighted by molar-refractivity contribution is 1.04. The van der Waals surface area contributed by atoms with Crippen molar-refractivity contribution in [3.8, 4) is 0 Å². The Morgan fingerprint density at radius 2 is 2.04 bits per heavy atom.